The molecule has 1 atom stereocenters. The van der Waals surface area contributed by atoms with Crippen molar-refractivity contribution in [3.8, 4) is 0 Å². The van der Waals surface area contributed by atoms with Crippen LogP contribution in [0.4, 0.5) is 5.13 Å². The maximum atomic E-state index is 12.4. The molecule has 0 bridgehead atoms. The number of hydrogen-bond acceptors (Lipinski definition) is 9. The summed E-state index contributed by atoms with van der Waals surface area (Å²) in [7, 11) is 0. The third kappa shape index (κ3) is 4.57. The van der Waals surface area contributed by atoms with Crippen LogP contribution in [0, 0.1) is 13.8 Å². The number of thioether (sulfide) groups is 1. The van der Waals surface area contributed by atoms with E-state index in [0.29, 0.717) is 21.8 Å². The van der Waals surface area contributed by atoms with Crippen molar-refractivity contribution in [3.63, 3.8) is 0 Å². The molecule has 1 aliphatic heterocycles. The quantitative estimate of drug-likeness (QED) is 0.475. The summed E-state index contributed by atoms with van der Waals surface area (Å²) in [5.74, 6) is 1.09. The first-order valence-electron chi connectivity index (χ1n) is 8.87. The number of ether oxygens (including phenoxy) is 1. The molecule has 8 nitrogen and oxygen atoms in total. The number of nitrogens with one attached hydrogen (secondary N) is 1. The number of aryl methyl sites for hydroxylation is 2. The number of anilines is 1. The molecular formula is C18H19N5O3S2. The second-order valence-corrected chi connectivity index (χ2v) is 8.34. The predicted molar refractivity (Wildman–Crippen MR) is 106 cm³/mol. The monoisotopic (exact) mass is 417 g/mol. The van der Waals surface area contributed by atoms with Gasteiger partial charge in [-0.1, -0.05) is 23.1 Å². The Morgan fingerprint density at radius 2 is 2.11 bits per heavy atom. The molecule has 1 aliphatic rings. The second kappa shape index (κ2) is 8.38. The van der Waals surface area contributed by atoms with Gasteiger partial charge in [0.1, 0.15) is 16.9 Å². The van der Waals surface area contributed by atoms with Crippen LogP contribution in [0.2, 0.25) is 0 Å². The van der Waals surface area contributed by atoms with Gasteiger partial charge in [-0.3, -0.25) is 10.1 Å². The Hall–Kier alpha value is -2.30. The highest BCUT2D eigenvalue weighted by Gasteiger charge is 2.23. The van der Waals surface area contributed by atoms with E-state index in [1.807, 2.05) is 19.9 Å². The Bertz CT molecular complexity index is 961. The molecule has 1 amide bonds. The number of nitrogens with zero attached hydrogens (tertiary/aromatic N) is 4. The summed E-state index contributed by atoms with van der Waals surface area (Å²) in [5, 5.41) is 12.8. The van der Waals surface area contributed by atoms with Crippen molar-refractivity contribution in [2.45, 2.75) is 43.7 Å². The maximum Gasteiger partial charge on any atom is 0.293 e. The van der Waals surface area contributed by atoms with Crippen LogP contribution in [-0.2, 0) is 10.5 Å². The van der Waals surface area contributed by atoms with Crippen LogP contribution < -0.4 is 5.32 Å². The molecule has 0 unspecified atom stereocenters. The van der Waals surface area contributed by atoms with Crippen LogP contribution in [0.1, 0.15) is 51.7 Å². The second-order valence-electron chi connectivity index (χ2n) is 6.39. The molecular weight excluding hydrogens is 398 g/mol. The molecule has 1 N–H and O–H groups in total. The first-order valence-corrected chi connectivity index (χ1v) is 10.7. The van der Waals surface area contributed by atoms with Gasteiger partial charge in [-0.15, -0.1) is 10.2 Å². The Kier molecular flexibility index (Phi) is 5.69. The van der Waals surface area contributed by atoms with Crippen molar-refractivity contribution >= 4 is 34.1 Å². The average molecular weight is 418 g/mol. The number of hydrogen-bond donors (Lipinski definition) is 1. The van der Waals surface area contributed by atoms with Crippen molar-refractivity contribution in [1.29, 1.82) is 0 Å². The zero-order valence-corrected chi connectivity index (χ0v) is 17.1. The Labute approximate surface area is 170 Å². The molecule has 0 aliphatic carbocycles. The molecule has 0 saturated carbocycles. The normalized spacial score (nSPS) is 16.4. The fourth-order valence-electron chi connectivity index (χ4n) is 2.82. The number of furan rings is 1. The van der Waals surface area contributed by atoms with E-state index in [1.54, 1.807) is 12.1 Å². The van der Waals surface area contributed by atoms with Crippen molar-refractivity contribution in [3.05, 3.63) is 46.1 Å². The molecule has 28 heavy (non-hydrogen) atoms. The van der Waals surface area contributed by atoms with E-state index < -0.39 is 0 Å². The molecule has 3 aromatic heterocycles. The summed E-state index contributed by atoms with van der Waals surface area (Å²) >= 11 is 2.80. The molecule has 0 radical (unpaired) electrons. The van der Waals surface area contributed by atoms with Gasteiger partial charge in [0.2, 0.25) is 5.13 Å². The topological polar surface area (TPSA) is 103 Å². The smallest absolute Gasteiger partial charge is 0.293 e. The van der Waals surface area contributed by atoms with E-state index in [2.05, 4.69) is 25.5 Å². The van der Waals surface area contributed by atoms with Gasteiger partial charge in [-0.25, -0.2) is 9.97 Å². The zero-order valence-electron chi connectivity index (χ0n) is 15.5. The highest BCUT2D eigenvalue weighted by Crippen LogP contribution is 2.32. The molecule has 1 saturated heterocycles. The van der Waals surface area contributed by atoms with E-state index in [0.717, 1.165) is 35.8 Å². The molecule has 3 aromatic rings. The van der Waals surface area contributed by atoms with Gasteiger partial charge in [-0.05, 0) is 44.9 Å². The number of carbonyl (C=O) groups excluding carboxylic acids is 1. The molecule has 0 aromatic carbocycles. The van der Waals surface area contributed by atoms with Crippen LogP contribution in [-0.4, -0.2) is 32.7 Å². The van der Waals surface area contributed by atoms with Crippen LogP contribution in [0.25, 0.3) is 0 Å². The van der Waals surface area contributed by atoms with Gasteiger partial charge in [0.25, 0.3) is 5.91 Å². The number of carbonyl (C=O) groups is 1. The lowest BCUT2D eigenvalue weighted by Gasteiger charge is -2.02. The van der Waals surface area contributed by atoms with Crippen LogP contribution >= 0.6 is 23.1 Å². The van der Waals surface area contributed by atoms with E-state index in [-0.39, 0.29) is 17.8 Å². The van der Waals surface area contributed by atoms with Gasteiger partial charge in [0.05, 0.1) is 5.75 Å². The molecule has 4 rings (SSSR count). The summed E-state index contributed by atoms with van der Waals surface area (Å²) in [6.07, 6.45) is 1.95. The van der Waals surface area contributed by atoms with Crippen LogP contribution in [0.5, 0.6) is 0 Å². The Balaban J connectivity index is 1.35. The first-order chi connectivity index (χ1) is 13.6. The summed E-state index contributed by atoms with van der Waals surface area (Å²) in [6, 6.07) is 5.36. The summed E-state index contributed by atoms with van der Waals surface area (Å²) in [5.41, 5.74) is 1.85. The van der Waals surface area contributed by atoms with Gasteiger partial charge in [0, 0.05) is 18.0 Å². The number of aromatic nitrogens is 4. The van der Waals surface area contributed by atoms with E-state index in [4.69, 9.17) is 9.15 Å². The van der Waals surface area contributed by atoms with Crippen molar-refractivity contribution in [1.82, 2.24) is 20.2 Å². The number of amides is 1. The highest BCUT2D eigenvalue weighted by molar-refractivity contribution is 7.98. The molecule has 0 spiro atoms. The zero-order chi connectivity index (χ0) is 19.5. The van der Waals surface area contributed by atoms with Gasteiger partial charge in [-0.2, -0.15) is 0 Å². The van der Waals surface area contributed by atoms with E-state index in [9.17, 15) is 4.79 Å². The Morgan fingerprint density at radius 3 is 2.86 bits per heavy atom. The van der Waals surface area contributed by atoms with Crippen LogP contribution in [0.15, 0.2) is 27.8 Å². The molecule has 4 heterocycles. The lowest BCUT2D eigenvalue weighted by Crippen LogP contribution is -2.10. The lowest BCUT2D eigenvalue weighted by molar-refractivity contribution is 0.0995. The number of rotatable bonds is 6. The van der Waals surface area contributed by atoms with E-state index >= 15 is 0 Å². The fourth-order valence-corrected chi connectivity index (χ4v) is 4.48. The lowest BCUT2D eigenvalue weighted by atomic mass is 10.2. The minimum atomic E-state index is -0.353. The van der Waals surface area contributed by atoms with Crippen LogP contribution in [0.3, 0.4) is 0 Å². The first kappa shape index (κ1) is 19.0. The minimum absolute atomic E-state index is 0.0112. The van der Waals surface area contributed by atoms with E-state index in [1.165, 1.54) is 23.1 Å². The summed E-state index contributed by atoms with van der Waals surface area (Å²) < 4.78 is 11.2. The highest BCUT2D eigenvalue weighted by atomic mass is 32.2. The van der Waals surface area contributed by atoms with Gasteiger partial charge < -0.3 is 9.15 Å². The van der Waals surface area contributed by atoms with Crippen molar-refractivity contribution < 1.29 is 13.9 Å². The SMILES string of the molecule is Cc1cc(C)nc(SCc2ccc(C(=O)Nc3nnc([C@@H]4CCCO4)s3)o2)n1. The molecule has 1 fully saturated rings. The average Bonchev–Trinajstić information content (AvgIpc) is 3.40. The fraction of sp³-hybridized carbons (Fsp3) is 0.389. The molecule has 10 heteroatoms. The molecule has 146 valence electrons. The van der Waals surface area contributed by atoms with Crippen molar-refractivity contribution in [2.24, 2.45) is 0 Å². The third-order valence-electron chi connectivity index (χ3n) is 4.06. The summed E-state index contributed by atoms with van der Waals surface area (Å²) in [6.45, 7) is 4.61. The largest absolute Gasteiger partial charge is 0.455 e. The predicted octanol–water partition coefficient (Wildman–Crippen LogP) is 3.93. The third-order valence-corrected chi connectivity index (χ3v) is 5.86. The van der Waals surface area contributed by atoms with Crippen molar-refractivity contribution in [2.75, 3.05) is 11.9 Å². The Morgan fingerprint density at radius 1 is 1.29 bits per heavy atom. The van der Waals surface area contributed by atoms with Gasteiger partial charge in [0.15, 0.2) is 10.9 Å². The van der Waals surface area contributed by atoms with Gasteiger partial charge >= 0.3 is 0 Å². The standard InChI is InChI=1S/C18H19N5O3S2/c1-10-8-11(2)20-17(19-10)27-9-12-5-6-13(26-12)15(24)21-18-23-22-16(28-18)14-4-3-7-25-14/h5-6,8,14H,3-4,7,9H2,1-2H3,(H,21,23,24)/t14-/m0/s1. The summed E-state index contributed by atoms with van der Waals surface area (Å²) in [4.78, 5) is 21.2. The maximum absolute atomic E-state index is 12.4. The minimum Gasteiger partial charge on any atom is -0.455 e.